The zero-order chi connectivity index (χ0) is 16.6. The highest BCUT2D eigenvalue weighted by Gasteiger charge is 2.11. The summed E-state index contributed by atoms with van der Waals surface area (Å²) in [6.45, 7) is 7.02. The van der Waals surface area contributed by atoms with Gasteiger partial charge in [-0.05, 0) is 20.8 Å². The Bertz CT molecular complexity index is 606. The van der Waals surface area contributed by atoms with Crippen LogP contribution < -0.4 is 16.6 Å². The monoisotopic (exact) mass is 303 g/mol. The summed E-state index contributed by atoms with van der Waals surface area (Å²) in [6.07, 6.45) is 0.554. The van der Waals surface area contributed by atoms with Crippen LogP contribution in [0, 0.1) is 5.82 Å². The molecule has 1 rings (SSSR count). The minimum absolute atomic E-state index is 0.195. The third-order valence-electron chi connectivity index (χ3n) is 1.88. The van der Waals surface area contributed by atoms with E-state index in [0.717, 1.165) is 0 Å². The van der Waals surface area contributed by atoms with E-state index in [1.54, 1.807) is 25.8 Å². The molecule has 0 saturated heterocycles. The molecule has 118 valence electrons. The number of halogens is 1. The molecule has 8 nitrogen and oxygen atoms in total. The standard InChI is InChI=1S/C8H10FN3O3.C4H8O2/c1-4(2)10-7(14)12-3-5(9)6(13)11-8(12)15;1-3-6-4(2)5/h3-4H,1-2H3,(H,10,14)(H,11,13,15);3H2,1-2H3. The average molecular weight is 303 g/mol. The largest absolute Gasteiger partial charge is 0.466 e. The van der Waals surface area contributed by atoms with Gasteiger partial charge in [0.2, 0.25) is 5.82 Å². The number of hydrogen-bond donors (Lipinski definition) is 2. The number of hydrogen-bond acceptors (Lipinski definition) is 5. The molecule has 2 N–H and O–H groups in total. The van der Waals surface area contributed by atoms with Crippen molar-refractivity contribution < 1.29 is 18.7 Å². The van der Waals surface area contributed by atoms with Gasteiger partial charge in [-0.2, -0.15) is 4.39 Å². The van der Waals surface area contributed by atoms with Gasteiger partial charge >= 0.3 is 17.7 Å². The molecule has 1 aromatic heterocycles. The lowest BCUT2D eigenvalue weighted by Crippen LogP contribution is -2.42. The number of amides is 1. The van der Waals surface area contributed by atoms with Gasteiger partial charge in [0.25, 0.3) is 5.56 Å². The first-order valence-corrected chi connectivity index (χ1v) is 6.14. The van der Waals surface area contributed by atoms with E-state index in [4.69, 9.17) is 0 Å². The van der Waals surface area contributed by atoms with Crippen LogP contribution >= 0.6 is 0 Å². The molecular formula is C12H18FN3O5. The number of aromatic amines is 1. The zero-order valence-electron chi connectivity index (χ0n) is 12.2. The third-order valence-corrected chi connectivity index (χ3v) is 1.88. The summed E-state index contributed by atoms with van der Waals surface area (Å²) in [7, 11) is 0. The number of esters is 1. The Kier molecular flexibility index (Phi) is 7.66. The first-order chi connectivity index (χ1) is 9.68. The lowest BCUT2D eigenvalue weighted by Gasteiger charge is -2.08. The fourth-order valence-electron chi connectivity index (χ4n) is 1.12. The van der Waals surface area contributed by atoms with Crippen LogP contribution in [0.4, 0.5) is 9.18 Å². The smallest absolute Gasteiger partial charge is 0.336 e. The molecule has 0 aliphatic rings. The van der Waals surface area contributed by atoms with Crippen LogP contribution in [0.25, 0.3) is 0 Å². The second kappa shape index (κ2) is 8.67. The molecule has 0 bridgehead atoms. The van der Waals surface area contributed by atoms with E-state index in [-0.39, 0.29) is 12.0 Å². The molecule has 0 atom stereocenters. The van der Waals surface area contributed by atoms with Gasteiger partial charge < -0.3 is 10.1 Å². The molecule has 0 aromatic carbocycles. The Hall–Kier alpha value is -2.45. The van der Waals surface area contributed by atoms with Crippen LogP contribution in [-0.2, 0) is 9.53 Å². The summed E-state index contributed by atoms with van der Waals surface area (Å²) in [4.78, 5) is 44.6. The van der Waals surface area contributed by atoms with E-state index in [2.05, 4.69) is 10.1 Å². The molecule has 0 aliphatic heterocycles. The fourth-order valence-corrected chi connectivity index (χ4v) is 1.12. The van der Waals surface area contributed by atoms with Crippen LogP contribution in [0.1, 0.15) is 27.7 Å². The van der Waals surface area contributed by atoms with Crippen LogP contribution in [0.3, 0.4) is 0 Å². The molecular weight excluding hydrogens is 285 g/mol. The number of ether oxygens (including phenoxy) is 1. The zero-order valence-corrected chi connectivity index (χ0v) is 12.2. The number of aromatic nitrogens is 2. The van der Waals surface area contributed by atoms with Crippen molar-refractivity contribution >= 4 is 12.0 Å². The Morgan fingerprint density at radius 2 is 2.00 bits per heavy atom. The van der Waals surface area contributed by atoms with E-state index in [1.165, 1.54) is 6.92 Å². The predicted octanol–water partition coefficient (Wildman–Crippen LogP) is 0.211. The summed E-state index contributed by atoms with van der Waals surface area (Å²) in [5.41, 5.74) is -2.12. The molecule has 9 heteroatoms. The molecule has 1 aromatic rings. The maximum atomic E-state index is 12.8. The van der Waals surface area contributed by atoms with E-state index >= 15 is 0 Å². The van der Waals surface area contributed by atoms with Crippen molar-refractivity contribution in [2.75, 3.05) is 6.61 Å². The van der Waals surface area contributed by atoms with Crippen molar-refractivity contribution in [1.82, 2.24) is 14.9 Å². The molecule has 0 saturated carbocycles. The van der Waals surface area contributed by atoms with Crippen molar-refractivity contribution in [3.8, 4) is 0 Å². The van der Waals surface area contributed by atoms with Gasteiger partial charge in [0.05, 0.1) is 12.8 Å². The molecule has 0 fully saturated rings. The highest BCUT2D eigenvalue weighted by atomic mass is 19.1. The van der Waals surface area contributed by atoms with Gasteiger partial charge in [-0.3, -0.25) is 14.6 Å². The van der Waals surface area contributed by atoms with Crippen molar-refractivity contribution in [1.29, 1.82) is 0 Å². The number of nitrogens with zero attached hydrogens (tertiary/aromatic N) is 1. The van der Waals surface area contributed by atoms with Crippen LogP contribution in [0.5, 0.6) is 0 Å². The summed E-state index contributed by atoms with van der Waals surface area (Å²) in [6, 6.07) is -0.982. The maximum absolute atomic E-state index is 12.8. The van der Waals surface area contributed by atoms with E-state index in [0.29, 0.717) is 17.4 Å². The molecule has 0 spiro atoms. The lowest BCUT2D eigenvalue weighted by molar-refractivity contribution is -0.140. The topological polar surface area (TPSA) is 110 Å². The Balaban J connectivity index is 0.000000567. The van der Waals surface area contributed by atoms with E-state index in [9.17, 15) is 23.6 Å². The number of carbonyl (C=O) groups excluding carboxylic acids is 2. The molecule has 0 unspecified atom stereocenters. The van der Waals surface area contributed by atoms with Gasteiger partial charge in [-0.25, -0.2) is 14.2 Å². The fraction of sp³-hybridized carbons (Fsp3) is 0.500. The molecule has 1 amide bonds. The maximum Gasteiger partial charge on any atom is 0.336 e. The second-order valence-electron chi connectivity index (χ2n) is 4.14. The van der Waals surface area contributed by atoms with Crippen molar-refractivity contribution in [2.45, 2.75) is 33.7 Å². The predicted molar refractivity (Wildman–Crippen MR) is 72.7 cm³/mol. The van der Waals surface area contributed by atoms with Gasteiger partial charge in [0.1, 0.15) is 0 Å². The highest BCUT2D eigenvalue weighted by Crippen LogP contribution is 1.85. The van der Waals surface area contributed by atoms with Crippen LogP contribution in [-0.4, -0.2) is 34.2 Å². The second-order valence-corrected chi connectivity index (χ2v) is 4.14. The van der Waals surface area contributed by atoms with Gasteiger partial charge in [0, 0.05) is 13.0 Å². The molecule has 1 heterocycles. The quantitative estimate of drug-likeness (QED) is 0.759. The SMILES string of the molecule is CC(C)NC(=O)n1cc(F)c(=O)[nH]c1=O.CCOC(C)=O. The third kappa shape index (κ3) is 7.04. The Morgan fingerprint density at radius 1 is 1.43 bits per heavy atom. The van der Waals surface area contributed by atoms with E-state index < -0.39 is 23.1 Å². The van der Waals surface area contributed by atoms with Gasteiger partial charge in [0.15, 0.2) is 0 Å². The van der Waals surface area contributed by atoms with Crippen molar-refractivity contribution in [3.05, 3.63) is 32.9 Å². The van der Waals surface area contributed by atoms with Crippen molar-refractivity contribution in [2.24, 2.45) is 0 Å². The number of carbonyl (C=O) groups is 2. The molecule has 0 aliphatic carbocycles. The first-order valence-electron chi connectivity index (χ1n) is 6.14. The summed E-state index contributed by atoms with van der Waals surface area (Å²) in [5, 5.41) is 2.38. The molecule has 21 heavy (non-hydrogen) atoms. The summed E-state index contributed by atoms with van der Waals surface area (Å²) >= 11 is 0. The summed E-state index contributed by atoms with van der Waals surface area (Å²) in [5.74, 6) is -1.40. The number of nitrogens with one attached hydrogen (secondary N) is 2. The van der Waals surface area contributed by atoms with Crippen LogP contribution in [0.2, 0.25) is 0 Å². The normalized spacial score (nSPS) is 9.62. The van der Waals surface area contributed by atoms with Gasteiger partial charge in [-0.15, -0.1) is 0 Å². The first kappa shape index (κ1) is 18.6. The average Bonchev–Trinajstić information content (AvgIpc) is 2.33. The minimum atomic E-state index is -1.19. The van der Waals surface area contributed by atoms with E-state index in [1.807, 2.05) is 0 Å². The molecule has 0 radical (unpaired) electrons. The van der Waals surface area contributed by atoms with Crippen molar-refractivity contribution in [3.63, 3.8) is 0 Å². The number of rotatable bonds is 2. The Labute approximate surface area is 119 Å². The highest BCUT2D eigenvalue weighted by molar-refractivity contribution is 5.76. The number of H-pyrrole nitrogens is 1. The summed E-state index contributed by atoms with van der Waals surface area (Å²) < 4.78 is 17.6. The lowest BCUT2D eigenvalue weighted by atomic mass is 10.4. The van der Waals surface area contributed by atoms with Crippen LogP contribution in [0.15, 0.2) is 15.8 Å². The Morgan fingerprint density at radius 3 is 2.38 bits per heavy atom. The minimum Gasteiger partial charge on any atom is -0.466 e. The van der Waals surface area contributed by atoms with Gasteiger partial charge in [-0.1, -0.05) is 0 Å².